The van der Waals surface area contributed by atoms with E-state index in [9.17, 15) is 26.4 Å². The van der Waals surface area contributed by atoms with Crippen LogP contribution in [-0.4, -0.2) is 25.8 Å². The number of nitrogens with zero attached hydrogens (tertiary/aromatic N) is 1. The Balaban J connectivity index is 2.22. The zero-order valence-corrected chi connectivity index (χ0v) is 24.1. The number of alkyl halides is 3. The second-order valence-corrected chi connectivity index (χ2v) is 13.2. The molecule has 38 heavy (non-hydrogen) atoms. The van der Waals surface area contributed by atoms with Crippen molar-refractivity contribution in [2.24, 2.45) is 5.41 Å². The average Bonchev–Trinajstić information content (AvgIpc) is 2.84. The highest BCUT2D eigenvalue weighted by Crippen LogP contribution is 2.34. The smallest absolute Gasteiger partial charge is 0.326 e. The fourth-order valence-corrected chi connectivity index (χ4v) is 5.84. The van der Waals surface area contributed by atoms with Gasteiger partial charge in [0.1, 0.15) is 9.84 Å². The first-order chi connectivity index (χ1) is 17.8. The van der Waals surface area contributed by atoms with Crippen molar-refractivity contribution in [1.29, 1.82) is 5.26 Å². The monoisotopic (exact) mass is 558 g/mol. The van der Waals surface area contributed by atoms with Crippen molar-refractivity contribution in [3.63, 3.8) is 0 Å². The van der Waals surface area contributed by atoms with Gasteiger partial charge in [0, 0.05) is 11.1 Å². The third-order valence-corrected chi connectivity index (χ3v) is 8.71. The standard InChI is InChI=1S/C29H45F3N2O3S/c1-4-5-6-15-20-38(36,37)21-16-13-11-9-7-8-10-12-14-19-28(2,3)27(35)34-25-18-17-24(23-33)26(22-25)29(30,31)32/h17-18,22H,4-16,19-21H2,1-3H3,(H,34,35). The number of hydrogen-bond donors (Lipinski definition) is 1. The molecule has 1 aromatic rings. The van der Waals surface area contributed by atoms with Gasteiger partial charge in [-0.05, 0) is 37.5 Å². The summed E-state index contributed by atoms with van der Waals surface area (Å²) < 4.78 is 63.6. The van der Waals surface area contributed by atoms with E-state index < -0.39 is 32.6 Å². The van der Waals surface area contributed by atoms with Crippen LogP contribution >= 0.6 is 0 Å². The number of sulfone groups is 1. The Morgan fingerprint density at radius 2 is 1.37 bits per heavy atom. The molecule has 0 saturated carbocycles. The molecule has 9 heteroatoms. The Labute approximate surface area is 227 Å². The summed E-state index contributed by atoms with van der Waals surface area (Å²) in [6.45, 7) is 5.67. The molecule has 0 spiro atoms. The molecule has 1 aromatic carbocycles. The minimum absolute atomic E-state index is 0.0268. The van der Waals surface area contributed by atoms with Crippen molar-refractivity contribution in [2.45, 2.75) is 117 Å². The third-order valence-electron chi connectivity index (χ3n) is 6.88. The van der Waals surface area contributed by atoms with Crippen molar-refractivity contribution < 1.29 is 26.4 Å². The Bertz CT molecular complexity index is 999. The second kappa shape index (κ2) is 16.8. The maximum Gasteiger partial charge on any atom is 0.417 e. The molecule has 0 unspecified atom stereocenters. The van der Waals surface area contributed by atoms with Crippen molar-refractivity contribution in [3.8, 4) is 6.07 Å². The number of amides is 1. The second-order valence-electron chi connectivity index (χ2n) is 10.9. The Morgan fingerprint density at radius 1 is 0.868 bits per heavy atom. The number of anilines is 1. The van der Waals surface area contributed by atoms with Gasteiger partial charge in [-0.2, -0.15) is 18.4 Å². The van der Waals surface area contributed by atoms with Crippen LogP contribution in [0, 0.1) is 16.7 Å². The third kappa shape index (κ3) is 13.6. The highest BCUT2D eigenvalue weighted by molar-refractivity contribution is 7.91. The lowest BCUT2D eigenvalue weighted by molar-refractivity contribution is -0.137. The van der Waals surface area contributed by atoms with Gasteiger partial charge in [-0.15, -0.1) is 0 Å². The molecule has 1 amide bonds. The fraction of sp³-hybridized carbons (Fsp3) is 0.724. The number of hydrogen-bond acceptors (Lipinski definition) is 4. The van der Waals surface area contributed by atoms with Gasteiger partial charge in [-0.25, -0.2) is 8.42 Å². The minimum Gasteiger partial charge on any atom is -0.326 e. The molecule has 1 N–H and O–H groups in total. The number of unbranched alkanes of at least 4 members (excludes halogenated alkanes) is 11. The predicted octanol–water partition coefficient (Wildman–Crippen LogP) is 8.44. The number of benzene rings is 1. The quantitative estimate of drug-likeness (QED) is 0.173. The van der Waals surface area contributed by atoms with Gasteiger partial charge < -0.3 is 5.32 Å². The number of carbonyl (C=O) groups is 1. The highest BCUT2D eigenvalue weighted by atomic mass is 32.2. The van der Waals surface area contributed by atoms with Gasteiger partial charge in [0.2, 0.25) is 5.91 Å². The molecule has 0 atom stereocenters. The SMILES string of the molecule is CCCCCCS(=O)(=O)CCCCCCCCCCCC(C)(C)C(=O)Nc1ccc(C#N)c(C(F)(F)F)c1. The molecule has 0 radical (unpaired) electrons. The van der Waals surface area contributed by atoms with E-state index >= 15 is 0 Å². The fourth-order valence-electron chi connectivity index (χ4n) is 4.35. The van der Waals surface area contributed by atoms with Gasteiger partial charge in [0.25, 0.3) is 0 Å². The summed E-state index contributed by atoms with van der Waals surface area (Å²) in [7, 11) is -2.90. The van der Waals surface area contributed by atoms with E-state index in [2.05, 4.69) is 12.2 Å². The highest BCUT2D eigenvalue weighted by Gasteiger charge is 2.34. The number of nitrogens with one attached hydrogen (secondary N) is 1. The molecule has 0 saturated heterocycles. The summed E-state index contributed by atoms with van der Waals surface area (Å²) in [6.07, 6.45) is 8.81. The first-order valence-electron chi connectivity index (χ1n) is 14.0. The van der Waals surface area contributed by atoms with Crippen LogP contribution in [0.2, 0.25) is 0 Å². The van der Waals surface area contributed by atoms with Crippen LogP contribution in [0.1, 0.15) is 122 Å². The molecule has 216 valence electrons. The normalized spacial score (nSPS) is 12.3. The van der Waals surface area contributed by atoms with Crippen LogP contribution in [0.4, 0.5) is 18.9 Å². The summed E-state index contributed by atoms with van der Waals surface area (Å²) in [5.41, 5.74) is -2.24. The summed E-state index contributed by atoms with van der Waals surface area (Å²) in [6, 6.07) is 4.73. The van der Waals surface area contributed by atoms with E-state index in [1.807, 2.05) is 0 Å². The topological polar surface area (TPSA) is 87.0 Å². The Morgan fingerprint density at radius 3 is 1.87 bits per heavy atom. The summed E-state index contributed by atoms with van der Waals surface area (Å²) in [4.78, 5) is 12.7. The predicted molar refractivity (Wildman–Crippen MR) is 148 cm³/mol. The van der Waals surface area contributed by atoms with E-state index in [0.29, 0.717) is 17.9 Å². The largest absolute Gasteiger partial charge is 0.417 e. The van der Waals surface area contributed by atoms with Crippen molar-refractivity contribution in [2.75, 3.05) is 16.8 Å². The molecule has 0 aromatic heterocycles. The van der Waals surface area contributed by atoms with Crippen LogP contribution in [-0.2, 0) is 20.8 Å². The van der Waals surface area contributed by atoms with E-state index in [1.165, 1.54) is 12.1 Å². The molecule has 0 heterocycles. The first kappa shape index (κ1) is 33.9. The van der Waals surface area contributed by atoms with Crippen molar-refractivity contribution in [3.05, 3.63) is 29.3 Å². The Kier molecular flexibility index (Phi) is 15.0. The van der Waals surface area contributed by atoms with Gasteiger partial charge in [0.15, 0.2) is 0 Å². The maximum atomic E-state index is 13.2. The molecule has 0 aliphatic heterocycles. The van der Waals surface area contributed by atoms with Crippen molar-refractivity contribution in [1.82, 2.24) is 0 Å². The lowest BCUT2D eigenvalue weighted by Gasteiger charge is -2.24. The molecule has 0 aliphatic rings. The minimum atomic E-state index is -4.67. The number of nitriles is 1. The maximum absolute atomic E-state index is 13.2. The number of carbonyl (C=O) groups excluding carboxylic acids is 1. The summed E-state index contributed by atoms with van der Waals surface area (Å²) >= 11 is 0. The lowest BCUT2D eigenvalue weighted by atomic mass is 9.85. The number of rotatable bonds is 19. The van der Waals surface area contributed by atoms with E-state index in [0.717, 1.165) is 95.6 Å². The average molecular weight is 559 g/mol. The summed E-state index contributed by atoms with van der Waals surface area (Å²) in [5, 5.41) is 11.5. The molecule has 0 aliphatic carbocycles. The van der Waals surface area contributed by atoms with Crippen LogP contribution in [0.25, 0.3) is 0 Å². The van der Waals surface area contributed by atoms with Crippen LogP contribution in [0.3, 0.4) is 0 Å². The van der Waals surface area contributed by atoms with E-state index in [-0.39, 0.29) is 11.6 Å². The molecule has 0 fully saturated rings. The molecular weight excluding hydrogens is 513 g/mol. The lowest BCUT2D eigenvalue weighted by Crippen LogP contribution is -2.30. The summed E-state index contributed by atoms with van der Waals surface area (Å²) in [5.74, 6) is 0.273. The number of halogens is 3. The molecule has 0 bridgehead atoms. The molecular formula is C29H45F3N2O3S. The van der Waals surface area contributed by atoms with Gasteiger partial charge in [-0.1, -0.05) is 91.4 Å². The van der Waals surface area contributed by atoms with Crippen molar-refractivity contribution >= 4 is 21.4 Å². The zero-order valence-electron chi connectivity index (χ0n) is 23.3. The Hall–Kier alpha value is -2.08. The van der Waals surface area contributed by atoms with Crippen LogP contribution < -0.4 is 5.32 Å². The van der Waals surface area contributed by atoms with Gasteiger partial charge in [-0.3, -0.25) is 4.79 Å². The van der Waals surface area contributed by atoms with Gasteiger partial charge >= 0.3 is 6.18 Å². The van der Waals surface area contributed by atoms with E-state index in [1.54, 1.807) is 13.8 Å². The van der Waals surface area contributed by atoms with Gasteiger partial charge in [0.05, 0.1) is 28.7 Å². The van der Waals surface area contributed by atoms with Crippen LogP contribution in [0.15, 0.2) is 18.2 Å². The zero-order chi connectivity index (χ0) is 28.7. The van der Waals surface area contributed by atoms with Crippen LogP contribution in [0.5, 0.6) is 0 Å². The van der Waals surface area contributed by atoms with E-state index in [4.69, 9.17) is 5.26 Å². The first-order valence-corrected chi connectivity index (χ1v) is 15.8. The molecule has 5 nitrogen and oxygen atoms in total. The molecule has 1 rings (SSSR count).